The van der Waals surface area contributed by atoms with Crippen LogP contribution in [0.15, 0.2) is 146 Å². The van der Waals surface area contributed by atoms with Crippen molar-refractivity contribution in [2.45, 2.75) is 59.2 Å². The number of hydrogen-bond acceptors (Lipinski definition) is 10. The highest BCUT2D eigenvalue weighted by Crippen LogP contribution is 2.25. The molecule has 0 saturated heterocycles. The lowest BCUT2D eigenvalue weighted by atomic mass is 9.95. The molecule has 21 heteroatoms. The van der Waals surface area contributed by atoms with Crippen LogP contribution >= 0.6 is 0 Å². The highest BCUT2D eigenvalue weighted by atomic mass is 19.1. The third-order valence-electron chi connectivity index (χ3n) is 11.3. The zero-order chi connectivity index (χ0) is 55.7. The molecule has 0 aliphatic rings. The smallest absolute Gasteiger partial charge is 0.319 e. The lowest BCUT2D eigenvalue weighted by Crippen LogP contribution is -2.40. The minimum atomic E-state index is -0.874. The van der Waals surface area contributed by atoms with E-state index in [1.165, 1.54) is 29.2 Å². The largest absolute Gasteiger partial charge is 0.338 e. The van der Waals surface area contributed by atoms with Crippen molar-refractivity contribution in [2.24, 2.45) is 11.8 Å². The molecule has 12 N–H and O–H groups in total. The number of carbonyl (C=O) groups excluding carboxylic acids is 6. The van der Waals surface area contributed by atoms with Crippen molar-refractivity contribution in [1.29, 1.82) is 5.26 Å². The Hall–Kier alpha value is -9.23. The molecule has 76 heavy (non-hydrogen) atoms. The topological polar surface area (TPSA) is 295 Å². The summed E-state index contributed by atoms with van der Waals surface area (Å²) in [7, 11) is 0. The van der Waals surface area contributed by atoms with E-state index in [4.69, 9.17) is 20.9 Å². The first kappa shape index (κ1) is 59.3. The van der Waals surface area contributed by atoms with E-state index in [9.17, 15) is 37.5 Å². The number of rotatable bonds is 16. The summed E-state index contributed by atoms with van der Waals surface area (Å²) < 4.78 is 27.3. The van der Waals surface area contributed by atoms with Crippen molar-refractivity contribution >= 4 is 47.2 Å². The number of amides is 9. The van der Waals surface area contributed by atoms with E-state index in [1.807, 2.05) is 64.1 Å². The Balaban J connectivity index is 0.000000247. The van der Waals surface area contributed by atoms with Crippen LogP contribution in [0.1, 0.15) is 112 Å². The molecule has 6 aromatic carbocycles. The molecule has 0 unspecified atom stereocenters. The number of carbonyl (C=O) groups is 6. The lowest BCUT2D eigenvalue weighted by molar-refractivity contribution is 0.0702. The van der Waals surface area contributed by atoms with E-state index in [-0.39, 0.29) is 41.5 Å². The Morgan fingerprint density at radius 2 is 0.921 bits per heavy atom. The maximum absolute atomic E-state index is 13.6. The zero-order valence-electron chi connectivity index (χ0n) is 42.2. The van der Waals surface area contributed by atoms with Crippen molar-refractivity contribution in [3.63, 3.8) is 0 Å². The SMILES string of the molecule is CC(C)[C@@H](NC(=O)NCCc1ccccc1)c1ccc(C(=O)NO)cc1.CC(C)[C@@H](NC(=O)Nc1c(F)cccc1F)c1ccc(C(=O)NO)cc1.C[C@@H](NC(=O)Nc1ccc(C#N)cc1)c1ccc(C(=O)NO)cc1. The van der Waals surface area contributed by atoms with Gasteiger partial charge < -0.3 is 31.9 Å². The van der Waals surface area contributed by atoms with Gasteiger partial charge in [0, 0.05) is 28.9 Å². The van der Waals surface area contributed by atoms with Crippen LogP contribution in [-0.2, 0) is 6.42 Å². The first-order valence-electron chi connectivity index (χ1n) is 23.7. The van der Waals surface area contributed by atoms with Gasteiger partial charge >= 0.3 is 18.1 Å². The number of nitrogens with one attached hydrogen (secondary N) is 9. The summed E-state index contributed by atoms with van der Waals surface area (Å²) in [5.74, 6) is -3.43. The molecule has 0 spiro atoms. The van der Waals surface area contributed by atoms with Crippen LogP contribution < -0.4 is 48.3 Å². The summed E-state index contributed by atoms with van der Waals surface area (Å²) in [5, 5.41) is 50.8. The number of anilines is 2. The number of hydroxylamine groups is 3. The van der Waals surface area contributed by atoms with Crippen molar-refractivity contribution in [1.82, 2.24) is 37.7 Å². The summed E-state index contributed by atoms with van der Waals surface area (Å²) in [5.41, 5.74) is 9.74. The van der Waals surface area contributed by atoms with Gasteiger partial charge in [0.15, 0.2) is 0 Å². The molecule has 19 nitrogen and oxygen atoms in total. The molecule has 0 saturated carbocycles. The van der Waals surface area contributed by atoms with Crippen molar-refractivity contribution in [3.05, 3.63) is 202 Å². The van der Waals surface area contributed by atoms with Crippen LogP contribution in [0.25, 0.3) is 0 Å². The van der Waals surface area contributed by atoms with Crippen molar-refractivity contribution in [3.8, 4) is 6.07 Å². The van der Waals surface area contributed by atoms with Gasteiger partial charge in [-0.2, -0.15) is 5.26 Å². The number of hydrogen-bond donors (Lipinski definition) is 12. The molecule has 0 bridgehead atoms. The van der Waals surface area contributed by atoms with Gasteiger partial charge in [-0.15, -0.1) is 0 Å². The Kier molecular flexibility index (Phi) is 23.5. The molecule has 6 rings (SSSR count). The van der Waals surface area contributed by atoms with Crippen molar-refractivity contribution < 1.29 is 53.2 Å². The molecule has 0 aliphatic carbocycles. The fraction of sp³-hybridized carbons (Fsp3) is 0.218. The Morgan fingerprint density at radius 1 is 0.500 bits per heavy atom. The van der Waals surface area contributed by atoms with Gasteiger partial charge in [0.05, 0.1) is 29.8 Å². The molecule has 9 amide bonds. The Labute approximate surface area is 438 Å². The van der Waals surface area contributed by atoms with Gasteiger partial charge in [-0.25, -0.2) is 39.6 Å². The fourth-order valence-electron chi connectivity index (χ4n) is 7.21. The van der Waals surface area contributed by atoms with Gasteiger partial charge in [0.2, 0.25) is 0 Å². The summed E-state index contributed by atoms with van der Waals surface area (Å²) >= 11 is 0. The molecule has 0 heterocycles. The molecular formula is C55H60F2N10O9. The van der Waals surface area contributed by atoms with Crippen LogP contribution in [0.4, 0.5) is 34.5 Å². The molecule has 6 aromatic rings. The van der Waals surface area contributed by atoms with Crippen LogP contribution in [-0.4, -0.2) is 58.0 Å². The second-order valence-electron chi connectivity index (χ2n) is 17.5. The van der Waals surface area contributed by atoms with Gasteiger partial charge in [-0.3, -0.25) is 30.0 Å². The molecule has 398 valence electrons. The number of benzene rings is 6. The van der Waals surface area contributed by atoms with Crippen LogP contribution in [0, 0.1) is 34.8 Å². The number of urea groups is 3. The predicted molar refractivity (Wildman–Crippen MR) is 279 cm³/mol. The quantitative estimate of drug-likeness (QED) is 0.0322. The Bertz CT molecular complexity index is 2890. The summed E-state index contributed by atoms with van der Waals surface area (Å²) in [6.07, 6.45) is 0.769. The minimum Gasteiger partial charge on any atom is -0.338 e. The maximum Gasteiger partial charge on any atom is 0.319 e. The average Bonchev–Trinajstić information content (AvgIpc) is 3.43. The molecular weight excluding hydrogens is 983 g/mol. The van der Waals surface area contributed by atoms with E-state index >= 15 is 0 Å². The summed E-state index contributed by atoms with van der Waals surface area (Å²) in [6.45, 7) is 10.1. The molecule has 0 aromatic heterocycles. The van der Waals surface area contributed by atoms with Crippen LogP contribution in [0.2, 0.25) is 0 Å². The molecule has 0 radical (unpaired) electrons. The second kappa shape index (κ2) is 30.1. The van der Waals surface area contributed by atoms with Gasteiger partial charge in [-0.05, 0) is 120 Å². The van der Waals surface area contributed by atoms with E-state index < -0.39 is 47.1 Å². The molecule has 0 fully saturated rings. The van der Waals surface area contributed by atoms with Crippen LogP contribution in [0.3, 0.4) is 0 Å². The minimum absolute atomic E-state index is 0.0382. The standard InChI is InChI=1S/C20H25N3O3.C18H19F2N3O3.C17H16N4O3/c1-14(2)18(16-8-10-17(11-9-16)19(24)23-26)22-20(25)21-13-12-15-6-4-3-5-7-15;1-10(2)15(11-6-8-12(9-7-11)17(24)23-26)21-18(25)22-16-13(19)4-3-5-14(16)20;1-11(13-4-6-14(7-5-13)16(22)21-24)19-17(23)20-15-8-2-12(10-18)3-9-15/h3-11,14,18,26H,12-13H2,1-2H3,(H,23,24)(H2,21,22,25);3-10,15,26H,1-2H3,(H,23,24)(H2,21,22,25);2-9,11,24H,1H3,(H,21,22)(H2,19,20,23)/t18-;15-;11-/m111/s1. The maximum atomic E-state index is 13.6. The molecule has 0 aliphatic heterocycles. The van der Waals surface area contributed by atoms with E-state index in [0.717, 1.165) is 29.7 Å². The normalized spacial score (nSPS) is 11.5. The number of nitriles is 1. The van der Waals surface area contributed by atoms with Crippen molar-refractivity contribution in [2.75, 3.05) is 17.2 Å². The second-order valence-corrected chi connectivity index (χ2v) is 17.5. The zero-order valence-corrected chi connectivity index (χ0v) is 42.2. The first-order chi connectivity index (χ1) is 36.4. The predicted octanol–water partition coefficient (Wildman–Crippen LogP) is 9.21. The Morgan fingerprint density at radius 3 is 1.34 bits per heavy atom. The van der Waals surface area contributed by atoms with E-state index in [0.29, 0.717) is 34.5 Å². The monoisotopic (exact) mass is 1040 g/mol. The van der Waals surface area contributed by atoms with Gasteiger partial charge in [-0.1, -0.05) is 100 Å². The number of nitrogens with zero attached hydrogens (tertiary/aromatic N) is 1. The number of halogens is 2. The van der Waals surface area contributed by atoms with Crippen LogP contribution in [0.5, 0.6) is 0 Å². The summed E-state index contributed by atoms with van der Waals surface area (Å²) in [6, 6.07) is 39.0. The van der Waals surface area contributed by atoms with Gasteiger partial charge in [0.1, 0.15) is 17.3 Å². The highest BCUT2D eigenvalue weighted by molar-refractivity contribution is 5.95. The fourth-order valence-corrected chi connectivity index (χ4v) is 7.21. The van der Waals surface area contributed by atoms with Gasteiger partial charge in [0.25, 0.3) is 17.7 Å². The lowest BCUT2D eigenvalue weighted by Gasteiger charge is -2.23. The number of para-hydroxylation sites is 1. The third kappa shape index (κ3) is 18.7. The third-order valence-corrected chi connectivity index (χ3v) is 11.3. The van der Waals surface area contributed by atoms with E-state index in [2.05, 4.69) is 31.9 Å². The summed E-state index contributed by atoms with van der Waals surface area (Å²) in [4.78, 5) is 70.4. The van der Waals surface area contributed by atoms with E-state index in [1.54, 1.807) is 103 Å². The first-order valence-corrected chi connectivity index (χ1v) is 23.7. The average molecular weight is 1040 g/mol. The highest BCUT2D eigenvalue weighted by Gasteiger charge is 2.22. The molecule has 3 atom stereocenters.